The van der Waals surface area contributed by atoms with Gasteiger partial charge in [-0.2, -0.15) is 0 Å². The van der Waals surface area contributed by atoms with Crippen LogP contribution in [0, 0.1) is 0 Å². The Hall–Kier alpha value is -0.700. The Morgan fingerprint density at radius 3 is 2.60 bits per heavy atom. The van der Waals surface area contributed by atoms with E-state index in [2.05, 4.69) is 5.32 Å². The minimum absolute atomic E-state index is 0.404. The minimum Gasteiger partial charge on any atom is -0.495 e. The lowest BCUT2D eigenvalue weighted by molar-refractivity contribution is 0.182. The predicted molar refractivity (Wildman–Crippen MR) is 40.8 cm³/mol. The van der Waals surface area contributed by atoms with Crippen LogP contribution in [0.15, 0.2) is 12.0 Å². The van der Waals surface area contributed by atoms with Gasteiger partial charge in [-0.1, -0.05) is 0 Å². The smallest absolute Gasteiger partial charge is 0.182 e. The van der Waals surface area contributed by atoms with Crippen LogP contribution in [-0.4, -0.2) is 36.2 Å². The van der Waals surface area contributed by atoms with Crippen LogP contribution in [-0.2, 0) is 0 Å². The Kier molecular flexibility index (Phi) is 2.57. The predicted octanol–water partition coefficient (Wildman–Crippen LogP) is 0.311. The Labute approximate surface area is 61.3 Å². The number of hydrogen-bond acceptors (Lipinski definition) is 3. The van der Waals surface area contributed by atoms with Crippen LogP contribution in [0.2, 0.25) is 0 Å². The van der Waals surface area contributed by atoms with Crippen LogP contribution in [0.5, 0.6) is 0 Å². The van der Waals surface area contributed by atoms with Gasteiger partial charge in [0.05, 0.1) is 0 Å². The van der Waals surface area contributed by atoms with E-state index in [-0.39, 0.29) is 0 Å². The SMILES string of the molecule is C/C=C(/O)N1CCNCC1. The van der Waals surface area contributed by atoms with Crippen molar-refractivity contribution < 1.29 is 5.11 Å². The van der Waals surface area contributed by atoms with Gasteiger partial charge in [-0.25, -0.2) is 0 Å². The molecule has 0 radical (unpaired) electrons. The van der Waals surface area contributed by atoms with E-state index in [0.717, 1.165) is 26.2 Å². The molecule has 10 heavy (non-hydrogen) atoms. The fourth-order valence-electron chi connectivity index (χ4n) is 1.08. The number of nitrogens with zero attached hydrogens (tertiary/aromatic N) is 1. The summed E-state index contributed by atoms with van der Waals surface area (Å²) < 4.78 is 0. The van der Waals surface area contributed by atoms with Crippen LogP contribution in [0.25, 0.3) is 0 Å². The monoisotopic (exact) mass is 142 g/mol. The molecule has 0 spiro atoms. The number of nitrogens with one attached hydrogen (secondary N) is 1. The second-order valence-electron chi connectivity index (χ2n) is 2.38. The summed E-state index contributed by atoms with van der Waals surface area (Å²) in [5, 5.41) is 12.5. The average molecular weight is 142 g/mol. The van der Waals surface area contributed by atoms with Crippen molar-refractivity contribution in [3.8, 4) is 0 Å². The summed E-state index contributed by atoms with van der Waals surface area (Å²) in [4.78, 5) is 1.97. The highest BCUT2D eigenvalue weighted by molar-refractivity contribution is 4.89. The lowest BCUT2D eigenvalue weighted by Crippen LogP contribution is -2.42. The van der Waals surface area contributed by atoms with E-state index in [0.29, 0.717) is 5.88 Å². The molecule has 58 valence electrons. The van der Waals surface area contributed by atoms with Gasteiger partial charge in [0.1, 0.15) is 0 Å². The van der Waals surface area contributed by atoms with Crippen molar-refractivity contribution >= 4 is 0 Å². The Morgan fingerprint density at radius 2 is 2.10 bits per heavy atom. The van der Waals surface area contributed by atoms with Crippen LogP contribution in [0.3, 0.4) is 0 Å². The maximum atomic E-state index is 9.24. The van der Waals surface area contributed by atoms with E-state index in [1.54, 1.807) is 6.08 Å². The maximum absolute atomic E-state index is 9.24. The van der Waals surface area contributed by atoms with Crippen molar-refractivity contribution in [1.29, 1.82) is 0 Å². The number of rotatable bonds is 1. The number of piperazine rings is 1. The molecule has 0 aliphatic carbocycles. The zero-order valence-electron chi connectivity index (χ0n) is 6.30. The van der Waals surface area contributed by atoms with E-state index in [1.165, 1.54) is 0 Å². The van der Waals surface area contributed by atoms with Gasteiger partial charge in [0, 0.05) is 26.2 Å². The zero-order chi connectivity index (χ0) is 7.40. The van der Waals surface area contributed by atoms with E-state index >= 15 is 0 Å². The summed E-state index contributed by atoms with van der Waals surface area (Å²) in [5.74, 6) is 0.404. The lowest BCUT2D eigenvalue weighted by atomic mass is 10.4. The number of hydrogen-bond donors (Lipinski definition) is 2. The highest BCUT2D eigenvalue weighted by Gasteiger charge is 2.09. The number of aliphatic hydroxyl groups excluding tert-OH is 1. The molecule has 0 aromatic carbocycles. The molecule has 3 nitrogen and oxygen atoms in total. The molecule has 0 atom stereocenters. The molecule has 1 fully saturated rings. The van der Waals surface area contributed by atoms with Gasteiger partial charge in [0.15, 0.2) is 5.88 Å². The quantitative estimate of drug-likeness (QED) is 0.517. The molecule has 0 unspecified atom stereocenters. The Bertz CT molecular complexity index is 128. The van der Waals surface area contributed by atoms with Gasteiger partial charge in [-0.05, 0) is 13.0 Å². The fourth-order valence-corrected chi connectivity index (χ4v) is 1.08. The van der Waals surface area contributed by atoms with Gasteiger partial charge in [-0.3, -0.25) is 0 Å². The van der Waals surface area contributed by atoms with Gasteiger partial charge in [0.2, 0.25) is 0 Å². The number of allylic oxidation sites excluding steroid dienone is 1. The van der Waals surface area contributed by atoms with E-state index < -0.39 is 0 Å². The summed E-state index contributed by atoms with van der Waals surface area (Å²) in [6, 6.07) is 0. The summed E-state index contributed by atoms with van der Waals surface area (Å²) in [6.07, 6.45) is 1.73. The first-order valence-corrected chi connectivity index (χ1v) is 3.65. The molecule has 1 aliphatic heterocycles. The van der Waals surface area contributed by atoms with Crippen molar-refractivity contribution in [3.05, 3.63) is 12.0 Å². The first kappa shape index (κ1) is 7.41. The van der Waals surface area contributed by atoms with Crippen molar-refractivity contribution in [3.63, 3.8) is 0 Å². The van der Waals surface area contributed by atoms with Crippen molar-refractivity contribution in [2.75, 3.05) is 26.2 Å². The van der Waals surface area contributed by atoms with E-state index in [9.17, 15) is 5.11 Å². The highest BCUT2D eigenvalue weighted by atomic mass is 16.3. The lowest BCUT2D eigenvalue weighted by Gasteiger charge is -2.27. The largest absolute Gasteiger partial charge is 0.495 e. The molecule has 2 N–H and O–H groups in total. The maximum Gasteiger partial charge on any atom is 0.182 e. The van der Waals surface area contributed by atoms with Gasteiger partial charge < -0.3 is 15.3 Å². The standard InChI is InChI=1S/C7H14N2O/c1-2-7(10)9-5-3-8-4-6-9/h2,8,10H,3-6H2,1H3/b7-2+. The van der Waals surface area contributed by atoms with Crippen molar-refractivity contribution in [2.45, 2.75) is 6.92 Å². The van der Waals surface area contributed by atoms with Crippen LogP contribution >= 0.6 is 0 Å². The molecular weight excluding hydrogens is 128 g/mol. The second kappa shape index (κ2) is 3.46. The fraction of sp³-hybridized carbons (Fsp3) is 0.714. The van der Waals surface area contributed by atoms with Crippen molar-refractivity contribution in [1.82, 2.24) is 10.2 Å². The topological polar surface area (TPSA) is 35.5 Å². The average Bonchev–Trinajstić information content (AvgIpc) is 2.05. The number of aliphatic hydroxyl groups is 1. The summed E-state index contributed by atoms with van der Waals surface area (Å²) in [6.45, 7) is 5.61. The molecule has 0 aromatic heterocycles. The van der Waals surface area contributed by atoms with Crippen LogP contribution in [0.4, 0.5) is 0 Å². The molecule has 1 saturated heterocycles. The van der Waals surface area contributed by atoms with E-state index in [4.69, 9.17) is 0 Å². The molecule has 1 rings (SSSR count). The molecule has 0 bridgehead atoms. The summed E-state index contributed by atoms with van der Waals surface area (Å²) in [5.41, 5.74) is 0. The molecule has 1 aliphatic rings. The molecule has 0 amide bonds. The first-order valence-electron chi connectivity index (χ1n) is 3.65. The van der Waals surface area contributed by atoms with Crippen molar-refractivity contribution in [2.24, 2.45) is 0 Å². The van der Waals surface area contributed by atoms with Crippen LogP contribution < -0.4 is 5.32 Å². The third kappa shape index (κ3) is 1.64. The minimum atomic E-state index is 0.404. The zero-order valence-corrected chi connectivity index (χ0v) is 6.30. The normalized spacial score (nSPS) is 21.3. The summed E-state index contributed by atoms with van der Waals surface area (Å²) in [7, 11) is 0. The molecule has 3 heteroatoms. The van der Waals surface area contributed by atoms with Crippen LogP contribution in [0.1, 0.15) is 6.92 Å². The third-order valence-electron chi connectivity index (χ3n) is 1.70. The molecule has 0 aromatic rings. The second-order valence-corrected chi connectivity index (χ2v) is 2.38. The Balaban J connectivity index is 2.39. The molecule has 0 saturated carbocycles. The van der Waals surface area contributed by atoms with E-state index in [1.807, 2.05) is 11.8 Å². The van der Waals surface area contributed by atoms with Gasteiger partial charge >= 0.3 is 0 Å². The Morgan fingerprint density at radius 1 is 1.50 bits per heavy atom. The molecule has 1 heterocycles. The first-order chi connectivity index (χ1) is 4.84. The third-order valence-corrected chi connectivity index (χ3v) is 1.70. The molecular formula is C7H14N2O. The summed E-state index contributed by atoms with van der Waals surface area (Å²) >= 11 is 0. The highest BCUT2D eigenvalue weighted by Crippen LogP contribution is 2.00. The van der Waals surface area contributed by atoms with Gasteiger partial charge in [0.25, 0.3) is 0 Å². The van der Waals surface area contributed by atoms with Gasteiger partial charge in [-0.15, -0.1) is 0 Å².